The van der Waals surface area contributed by atoms with Crippen molar-refractivity contribution in [2.75, 3.05) is 26.2 Å². The van der Waals surface area contributed by atoms with Gasteiger partial charge in [0.2, 0.25) is 11.5 Å². The summed E-state index contributed by atoms with van der Waals surface area (Å²) in [5.41, 5.74) is -2.06. The Balaban J connectivity index is 1.53. The van der Waals surface area contributed by atoms with Gasteiger partial charge in [-0.1, -0.05) is 6.92 Å². The normalized spacial score (nSPS) is 26.6. The number of alkyl halides is 5. The molecule has 1 saturated heterocycles. The van der Waals surface area contributed by atoms with Crippen molar-refractivity contribution >= 4 is 11.6 Å². The lowest BCUT2D eigenvalue weighted by Crippen LogP contribution is -2.59. The number of aromatic nitrogens is 2. The van der Waals surface area contributed by atoms with Crippen molar-refractivity contribution in [1.29, 1.82) is 0 Å². The van der Waals surface area contributed by atoms with Crippen molar-refractivity contribution in [2.45, 2.75) is 56.7 Å². The van der Waals surface area contributed by atoms with Crippen LogP contribution in [0, 0.1) is 0 Å². The Labute approximate surface area is 175 Å². The van der Waals surface area contributed by atoms with Crippen LogP contribution in [0.2, 0.25) is 0 Å². The van der Waals surface area contributed by atoms with E-state index in [9.17, 15) is 31.9 Å². The monoisotopic (exact) mass is 450 g/mol. The van der Waals surface area contributed by atoms with Crippen molar-refractivity contribution < 1.29 is 36.6 Å². The first-order valence-electron chi connectivity index (χ1n) is 9.97. The molecule has 1 N–H and O–H groups in total. The molecule has 3 aliphatic heterocycles. The van der Waals surface area contributed by atoms with E-state index in [-0.39, 0.29) is 19.2 Å². The van der Waals surface area contributed by atoms with Gasteiger partial charge in [-0.15, -0.1) is 0 Å². The highest BCUT2D eigenvalue weighted by Crippen LogP contribution is 2.42. The molecule has 0 spiro atoms. The number of halogens is 5. The lowest BCUT2D eigenvalue weighted by Gasteiger charge is -2.39. The van der Waals surface area contributed by atoms with Crippen LogP contribution in [0.1, 0.15) is 31.8 Å². The van der Waals surface area contributed by atoms with Crippen molar-refractivity contribution in [2.24, 2.45) is 0 Å². The van der Waals surface area contributed by atoms with Crippen LogP contribution in [0.3, 0.4) is 0 Å². The van der Waals surface area contributed by atoms with Crippen molar-refractivity contribution in [1.82, 2.24) is 19.4 Å². The molecule has 0 radical (unpaired) electrons. The van der Waals surface area contributed by atoms with Crippen molar-refractivity contribution in [3.05, 3.63) is 23.8 Å². The summed E-state index contributed by atoms with van der Waals surface area (Å²) < 4.78 is 72.9. The van der Waals surface area contributed by atoms with Crippen LogP contribution >= 0.6 is 0 Å². The van der Waals surface area contributed by atoms with E-state index < -0.39 is 48.6 Å². The molecule has 4 rings (SSSR count). The highest BCUT2D eigenvalue weighted by Gasteiger charge is 2.55. The molecule has 7 nitrogen and oxygen atoms in total. The van der Waals surface area contributed by atoms with Crippen LogP contribution in [0.25, 0.3) is 5.70 Å². The number of likely N-dealkylation sites (tertiary alicyclic amines) is 1. The fraction of sp³-hybridized carbons (Fsp3) is 0.684. The maximum atomic E-state index is 13.3. The topological polar surface area (TPSA) is 70.8 Å². The van der Waals surface area contributed by atoms with Crippen LogP contribution in [0.5, 0.6) is 0 Å². The molecule has 3 atom stereocenters. The van der Waals surface area contributed by atoms with E-state index >= 15 is 0 Å². The van der Waals surface area contributed by atoms with E-state index in [1.807, 2.05) is 11.8 Å². The second-order valence-electron chi connectivity index (χ2n) is 8.29. The van der Waals surface area contributed by atoms with Gasteiger partial charge in [0, 0.05) is 13.1 Å². The van der Waals surface area contributed by atoms with Gasteiger partial charge in [-0.25, -0.2) is 13.8 Å². The average Bonchev–Trinajstić information content (AvgIpc) is 3.23. The second-order valence-corrected chi connectivity index (χ2v) is 8.29. The number of ether oxygens (including phenoxy) is 1. The number of nitrogens with zero attached hydrogens (tertiary/aromatic N) is 4. The summed E-state index contributed by atoms with van der Waals surface area (Å²) in [7, 11) is 0. The van der Waals surface area contributed by atoms with Gasteiger partial charge in [0.1, 0.15) is 6.61 Å². The van der Waals surface area contributed by atoms with Crippen LogP contribution in [-0.4, -0.2) is 80.9 Å². The first-order valence-corrected chi connectivity index (χ1v) is 9.97. The predicted molar refractivity (Wildman–Crippen MR) is 97.9 cm³/mol. The van der Waals surface area contributed by atoms with E-state index in [4.69, 9.17) is 4.74 Å². The number of carbonyl (C=O) groups excluding carboxylic acids is 1. The van der Waals surface area contributed by atoms with E-state index in [1.165, 1.54) is 10.8 Å². The molecule has 172 valence electrons. The minimum atomic E-state index is -4.89. The van der Waals surface area contributed by atoms with Gasteiger partial charge in [-0.3, -0.25) is 4.79 Å². The van der Waals surface area contributed by atoms with E-state index in [1.54, 1.807) is 6.08 Å². The van der Waals surface area contributed by atoms with Gasteiger partial charge < -0.3 is 24.2 Å². The molecule has 0 bridgehead atoms. The first kappa shape index (κ1) is 22.0. The predicted octanol–water partition coefficient (Wildman–Crippen LogP) is 1.96. The lowest BCUT2D eigenvalue weighted by atomic mass is 10.1. The molecular weight excluding hydrogens is 427 g/mol. The molecule has 3 aliphatic rings. The number of carbonyl (C=O) groups is 1. The van der Waals surface area contributed by atoms with Crippen LogP contribution in [-0.2, 0) is 21.7 Å². The molecule has 12 heteroatoms. The standard InChI is InChI=1S/C19H23F5N4O3/c1-3-11-14(31-8-15(29)26-9-18(20,21)10-26)6-12-13-7-25-16(17(2,30)19(22,23)24)28(13)5-4-27(11)12/h6-7,11,14,30H,3-5,8-10H2,1-2H3/t11?,14?,17-/m1/s1. The number of aliphatic hydroxyl groups is 1. The largest absolute Gasteiger partial charge is 0.424 e. The molecule has 1 aromatic rings. The zero-order valence-electron chi connectivity index (χ0n) is 17.0. The number of imidazole rings is 1. The Morgan fingerprint density at radius 2 is 2.00 bits per heavy atom. The minimum Gasteiger partial charge on any atom is -0.374 e. The summed E-state index contributed by atoms with van der Waals surface area (Å²) in [6.07, 6.45) is -1.77. The molecule has 31 heavy (non-hydrogen) atoms. The third-order valence-corrected chi connectivity index (χ3v) is 6.10. The number of hydrogen-bond acceptors (Lipinski definition) is 5. The third kappa shape index (κ3) is 3.59. The summed E-state index contributed by atoms with van der Waals surface area (Å²) in [5.74, 6) is -3.87. The number of hydrogen-bond donors (Lipinski definition) is 1. The highest BCUT2D eigenvalue weighted by molar-refractivity contribution is 5.78. The number of amides is 1. The molecule has 1 amide bonds. The van der Waals surface area contributed by atoms with E-state index in [2.05, 4.69) is 4.98 Å². The van der Waals surface area contributed by atoms with Gasteiger partial charge in [0.05, 0.1) is 42.8 Å². The maximum absolute atomic E-state index is 13.3. The number of rotatable bonds is 5. The van der Waals surface area contributed by atoms with Gasteiger partial charge in [-0.05, 0) is 19.4 Å². The zero-order valence-corrected chi connectivity index (χ0v) is 17.0. The maximum Gasteiger partial charge on any atom is 0.424 e. The molecule has 0 saturated carbocycles. The summed E-state index contributed by atoms with van der Waals surface area (Å²) in [6.45, 7) is 1.56. The van der Waals surface area contributed by atoms with Gasteiger partial charge in [-0.2, -0.15) is 13.2 Å². The highest BCUT2D eigenvalue weighted by atomic mass is 19.4. The fourth-order valence-electron chi connectivity index (χ4n) is 4.33. The first-order chi connectivity index (χ1) is 14.4. The van der Waals surface area contributed by atoms with Crippen molar-refractivity contribution in [3.8, 4) is 0 Å². The Kier molecular flexibility index (Phi) is 5.08. The Morgan fingerprint density at radius 1 is 1.32 bits per heavy atom. The Bertz CT molecular complexity index is 903. The molecule has 2 unspecified atom stereocenters. The summed E-state index contributed by atoms with van der Waals surface area (Å²) in [5, 5.41) is 10.1. The summed E-state index contributed by atoms with van der Waals surface area (Å²) in [6, 6.07) is -0.157. The van der Waals surface area contributed by atoms with Gasteiger partial charge >= 0.3 is 6.18 Å². The van der Waals surface area contributed by atoms with E-state index in [0.717, 1.165) is 4.90 Å². The Morgan fingerprint density at radius 3 is 2.58 bits per heavy atom. The molecule has 1 fully saturated rings. The Hall–Kier alpha value is -2.21. The van der Waals surface area contributed by atoms with Crippen LogP contribution in [0.4, 0.5) is 22.0 Å². The zero-order chi connectivity index (χ0) is 22.8. The van der Waals surface area contributed by atoms with Gasteiger partial charge in [0.15, 0.2) is 5.82 Å². The molecule has 4 heterocycles. The second kappa shape index (κ2) is 7.16. The molecule has 0 aliphatic carbocycles. The van der Waals surface area contributed by atoms with Crippen molar-refractivity contribution in [3.63, 3.8) is 0 Å². The summed E-state index contributed by atoms with van der Waals surface area (Å²) >= 11 is 0. The van der Waals surface area contributed by atoms with Gasteiger partial charge in [0.25, 0.3) is 5.92 Å². The summed E-state index contributed by atoms with van der Waals surface area (Å²) in [4.78, 5) is 18.9. The third-order valence-electron chi connectivity index (χ3n) is 6.10. The molecule has 1 aromatic heterocycles. The van der Waals surface area contributed by atoms with E-state index in [0.29, 0.717) is 31.3 Å². The molecular formula is C19H23F5N4O3. The lowest BCUT2D eigenvalue weighted by molar-refractivity contribution is -0.262. The fourth-order valence-corrected chi connectivity index (χ4v) is 4.33. The molecule has 0 aromatic carbocycles. The number of fused-ring (bicyclic) bond motifs is 3. The smallest absolute Gasteiger partial charge is 0.374 e. The van der Waals surface area contributed by atoms with Crippen LogP contribution < -0.4 is 0 Å². The minimum absolute atomic E-state index is 0.157. The van der Waals surface area contributed by atoms with Crippen LogP contribution in [0.15, 0.2) is 12.3 Å². The average molecular weight is 450 g/mol. The SMILES string of the molecule is CCC1C(OCC(=O)N2CC(F)(F)C2)C=C2c3cnc([C@@](C)(O)C(F)(F)F)n3CCN21. The quantitative estimate of drug-likeness (QED) is 0.695.